The van der Waals surface area contributed by atoms with Crippen LogP contribution in [0.5, 0.6) is 0 Å². The Hall–Kier alpha value is -3.53. The molecule has 0 bridgehead atoms. The summed E-state index contributed by atoms with van der Waals surface area (Å²) in [7, 11) is 1.96. The molecule has 0 spiro atoms. The quantitative estimate of drug-likeness (QED) is 0.702. The Bertz CT molecular complexity index is 921. The molecule has 1 aliphatic carbocycles. The van der Waals surface area contributed by atoms with Crippen molar-refractivity contribution in [1.29, 1.82) is 5.26 Å². The molecular formula is C22H25N5O2. The molecule has 1 aromatic heterocycles. The van der Waals surface area contributed by atoms with Crippen molar-refractivity contribution in [2.45, 2.75) is 25.4 Å². The topological polar surface area (TPSA) is 81.4 Å². The minimum absolute atomic E-state index is 0.0188. The molecule has 7 nitrogen and oxygen atoms in total. The van der Waals surface area contributed by atoms with Gasteiger partial charge in [-0.05, 0) is 49.2 Å². The van der Waals surface area contributed by atoms with Gasteiger partial charge >= 0.3 is 6.03 Å². The van der Waals surface area contributed by atoms with Crippen LogP contribution in [0, 0.1) is 11.3 Å². The van der Waals surface area contributed by atoms with E-state index < -0.39 is 0 Å². The number of amides is 3. The molecule has 150 valence electrons. The molecule has 0 aliphatic heterocycles. The smallest absolute Gasteiger partial charge is 0.322 e. The number of nitriles is 1. The van der Waals surface area contributed by atoms with Gasteiger partial charge in [0, 0.05) is 37.2 Å². The lowest BCUT2D eigenvalue weighted by atomic mass is 10.2. The highest BCUT2D eigenvalue weighted by molar-refractivity contribution is 5.92. The summed E-state index contributed by atoms with van der Waals surface area (Å²) in [5, 5.41) is 11.7. The maximum absolute atomic E-state index is 13.0. The standard InChI is InChI=1S/C22H25N5O2/c1-3-12-26(22(29)24-18-8-6-17(14-23)7-9-18)16-21(28)27(19-10-11-19)15-20-5-4-13-25(20)2/h3-9,13,19H,1,10-12,15-16H2,2H3,(H,24,29). The SMILES string of the molecule is C=CCN(CC(=O)N(Cc1cccn1C)C1CC1)C(=O)Nc1ccc(C#N)cc1. The number of benzene rings is 1. The van der Waals surface area contributed by atoms with Gasteiger partial charge in [0.1, 0.15) is 6.54 Å². The molecule has 3 amide bonds. The monoisotopic (exact) mass is 391 g/mol. The van der Waals surface area contributed by atoms with Gasteiger partial charge in [0.05, 0.1) is 18.2 Å². The van der Waals surface area contributed by atoms with E-state index in [1.54, 1.807) is 30.3 Å². The van der Waals surface area contributed by atoms with Gasteiger partial charge in [-0.15, -0.1) is 6.58 Å². The number of rotatable bonds is 8. The number of urea groups is 1. The van der Waals surface area contributed by atoms with E-state index in [0.29, 0.717) is 17.8 Å². The largest absolute Gasteiger partial charge is 0.353 e. The van der Waals surface area contributed by atoms with E-state index in [2.05, 4.69) is 11.9 Å². The van der Waals surface area contributed by atoms with Crippen molar-refractivity contribution in [1.82, 2.24) is 14.4 Å². The molecule has 29 heavy (non-hydrogen) atoms. The summed E-state index contributed by atoms with van der Waals surface area (Å²) in [5.74, 6) is -0.0782. The Morgan fingerprint density at radius 3 is 2.59 bits per heavy atom. The highest BCUT2D eigenvalue weighted by Gasteiger charge is 2.34. The lowest BCUT2D eigenvalue weighted by Crippen LogP contribution is -2.45. The second-order valence-electron chi connectivity index (χ2n) is 7.15. The second-order valence-corrected chi connectivity index (χ2v) is 7.15. The lowest BCUT2D eigenvalue weighted by molar-refractivity contribution is -0.133. The van der Waals surface area contributed by atoms with Gasteiger partial charge in [-0.3, -0.25) is 4.79 Å². The van der Waals surface area contributed by atoms with Gasteiger partial charge in [0.2, 0.25) is 5.91 Å². The van der Waals surface area contributed by atoms with Crippen molar-refractivity contribution in [3.63, 3.8) is 0 Å². The molecule has 1 N–H and O–H groups in total. The number of carbonyl (C=O) groups excluding carboxylic acids is 2. The lowest BCUT2D eigenvalue weighted by Gasteiger charge is -2.27. The van der Waals surface area contributed by atoms with Gasteiger partial charge < -0.3 is 19.7 Å². The normalized spacial score (nSPS) is 12.7. The molecule has 1 aliphatic rings. The van der Waals surface area contributed by atoms with Crippen molar-refractivity contribution >= 4 is 17.6 Å². The number of hydrogen-bond acceptors (Lipinski definition) is 3. The third-order valence-corrected chi connectivity index (χ3v) is 4.92. The van der Waals surface area contributed by atoms with Gasteiger partial charge in [0.25, 0.3) is 0 Å². The summed E-state index contributed by atoms with van der Waals surface area (Å²) in [5.41, 5.74) is 2.14. The van der Waals surface area contributed by atoms with Crippen LogP contribution >= 0.6 is 0 Å². The highest BCUT2D eigenvalue weighted by atomic mass is 16.2. The molecule has 2 aromatic rings. The summed E-state index contributed by atoms with van der Waals surface area (Å²) in [4.78, 5) is 29.0. The molecule has 7 heteroatoms. The predicted octanol–water partition coefficient (Wildman–Crippen LogP) is 3.11. The van der Waals surface area contributed by atoms with Gasteiger partial charge in [-0.2, -0.15) is 5.26 Å². The summed E-state index contributed by atoms with van der Waals surface area (Å²) in [6.45, 7) is 4.47. The van der Waals surface area contributed by atoms with Crippen LogP contribution in [-0.2, 0) is 18.4 Å². The van der Waals surface area contributed by atoms with Crippen molar-refractivity contribution in [2.75, 3.05) is 18.4 Å². The Kier molecular flexibility index (Phi) is 6.35. The summed E-state index contributed by atoms with van der Waals surface area (Å²) < 4.78 is 2.00. The average Bonchev–Trinajstić information content (AvgIpc) is 3.48. The third kappa shape index (κ3) is 5.26. The van der Waals surface area contributed by atoms with E-state index in [4.69, 9.17) is 5.26 Å². The van der Waals surface area contributed by atoms with E-state index >= 15 is 0 Å². The van der Waals surface area contributed by atoms with Crippen LogP contribution in [0.3, 0.4) is 0 Å². The Labute approximate surface area is 170 Å². The van der Waals surface area contributed by atoms with E-state index in [1.165, 1.54) is 4.90 Å². The number of hydrogen-bond donors (Lipinski definition) is 1. The molecule has 1 aromatic carbocycles. The zero-order chi connectivity index (χ0) is 20.8. The molecule has 3 rings (SSSR count). The molecule has 0 unspecified atom stereocenters. The first-order chi connectivity index (χ1) is 14.0. The zero-order valence-electron chi connectivity index (χ0n) is 16.5. The average molecular weight is 391 g/mol. The second kappa shape index (κ2) is 9.11. The molecular weight excluding hydrogens is 366 g/mol. The first-order valence-corrected chi connectivity index (χ1v) is 9.58. The summed E-state index contributed by atoms with van der Waals surface area (Å²) in [6.07, 6.45) is 5.55. The maximum atomic E-state index is 13.0. The maximum Gasteiger partial charge on any atom is 0.322 e. The number of aromatic nitrogens is 1. The van der Waals surface area contributed by atoms with Crippen LogP contribution in [0.1, 0.15) is 24.1 Å². The zero-order valence-corrected chi connectivity index (χ0v) is 16.5. The number of aryl methyl sites for hydroxylation is 1. The van der Waals surface area contributed by atoms with Crippen LogP contribution in [0.15, 0.2) is 55.3 Å². The van der Waals surface area contributed by atoms with E-state index in [0.717, 1.165) is 18.5 Å². The Morgan fingerprint density at radius 1 is 1.31 bits per heavy atom. The molecule has 0 saturated heterocycles. The molecule has 0 atom stereocenters. The molecule has 1 heterocycles. The van der Waals surface area contributed by atoms with Crippen molar-refractivity contribution in [2.24, 2.45) is 7.05 Å². The fourth-order valence-electron chi connectivity index (χ4n) is 3.10. The number of carbonyl (C=O) groups is 2. The minimum Gasteiger partial charge on any atom is -0.353 e. The van der Waals surface area contributed by atoms with Crippen LogP contribution in [0.4, 0.5) is 10.5 Å². The summed E-state index contributed by atoms with van der Waals surface area (Å²) >= 11 is 0. The van der Waals surface area contributed by atoms with E-state index in [-0.39, 0.29) is 31.1 Å². The van der Waals surface area contributed by atoms with Gasteiger partial charge in [-0.1, -0.05) is 6.08 Å². The van der Waals surface area contributed by atoms with Crippen LogP contribution in [-0.4, -0.2) is 45.4 Å². The fraction of sp³-hybridized carbons (Fsp3) is 0.318. The predicted molar refractivity (Wildman–Crippen MR) is 111 cm³/mol. The summed E-state index contributed by atoms with van der Waals surface area (Å²) in [6, 6.07) is 12.5. The Balaban J connectivity index is 1.66. The van der Waals surface area contributed by atoms with Crippen molar-refractivity contribution in [3.8, 4) is 6.07 Å². The fourth-order valence-corrected chi connectivity index (χ4v) is 3.10. The highest BCUT2D eigenvalue weighted by Crippen LogP contribution is 2.28. The van der Waals surface area contributed by atoms with Gasteiger partial charge in [0.15, 0.2) is 0 Å². The number of nitrogens with one attached hydrogen (secondary N) is 1. The Morgan fingerprint density at radius 2 is 2.03 bits per heavy atom. The van der Waals surface area contributed by atoms with Gasteiger partial charge in [-0.25, -0.2) is 4.79 Å². The van der Waals surface area contributed by atoms with Crippen molar-refractivity contribution < 1.29 is 9.59 Å². The minimum atomic E-state index is -0.377. The molecule has 1 fully saturated rings. The molecule has 0 radical (unpaired) electrons. The molecule has 1 saturated carbocycles. The van der Waals surface area contributed by atoms with E-state index in [9.17, 15) is 9.59 Å². The van der Waals surface area contributed by atoms with E-state index in [1.807, 2.05) is 40.9 Å². The third-order valence-electron chi connectivity index (χ3n) is 4.92. The van der Waals surface area contributed by atoms with Crippen molar-refractivity contribution in [3.05, 3.63) is 66.5 Å². The first kappa shape index (κ1) is 20.2. The van der Waals surface area contributed by atoms with Crippen LogP contribution in [0.25, 0.3) is 0 Å². The first-order valence-electron chi connectivity index (χ1n) is 9.58. The van der Waals surface area contributed by atoms with Crippen LogP contribution in [0.2, 0.25) is 0 Å². The number of anilines is 1. The number of nitrogens with zero attached hydrogens (tertiary/aromatic N) is 4. The van der Waals surface area contributed by atoms with Crippen LogP contribution < -0.4 is 5.32 Å².